The van der Waals surface area contributed by atoms with Crippen LogP contribution in [0.4, 0.5) is 0 Å². The summed E-state index contributed by atoms with van der Waals surface area (Å²) in [7, 11) is 1.55. The highest BCUT2D eigenvalue weighted by Gasteiger charge is 2.21. The van der Waals surface area contributed by atoms with E-state index in [4.69, 9.17) is 18.6 Å². The molecule has 2 aromatic carbocycles. The molecular weight excluding hydrogens is 520 g/mol. The SMILES string of the molecule is COc1cc(-c2cc3nccc(-c4ccc(OC5CCOCC5)c(C#N)c4)c3o2)ccc1C(=O)N[C@@H]1CCCNC1. The van der Waals surface area contributed by atoms with Gasteiger partial charge in [0.25, 0.3) is 5.91 Å². The fourth-order valence-corrected chi connectivity index (χ4v) is 5.44. The summed E-state index contributed by atoms with van der Waals surface area (Å²) in [4.78, 5) is 17.5. The van der Waals surface area contributed by atoms with Crippen LogP contribution in [0.2, 0.25) is 0 Å². The van der Waals surface area contributed by atoms with E-state index in [1.54, 1.807) is 19.4 Å². The summed E-state index contributed by atoms with van der Waals surface area (Å²) in [5, 5.41) is 16.3. The summed E-state index contributed by atoms with van der Waals surface area (Å²) in [6, 6.07) is 17.1. The third kappa shape index (κ3) is 5.75. The Morgan fingerprint density at radius 2 is 1.93 bits per heavy atom. The van der Waals surface area contributed by atoms with Crippen molar-refractivity contribution in [2.24, 2.45) is 0 Å². The number of piperidine rings is 1. The van der Waals surface area contributed by atoms with E-state index in [0.717, 1.165) is 55.5 Å². The second-order valence-electron chi connectivity index (χ2n) is 10.4. The molecule has 0 aliphatic carbocycles. The number of hydrogen-bond acceptors (Lipinski definition) is 8. The maximum Gasteiger partial charge on any atom is 0.255 e. The fourth-order valence-electron chi connectivity index (χ4n) is 5.44. The number of pyridine rings is 1. The van der Waals surface area contributed by atoms with Gasteiger partial charge in [-0.3, -0.25) is 9.78 Å². The summed E-state index contributed by atoms with van der Waals surface area (Å²) >= 11 is 0. The van der Waals surface area contributed by atoms with E-state index < -0.39 is 0 Å². The minimum Gasteiger partial charge on any atom is -0.496 e. The van der Waals surface area contributed by atoms with Crippen LogP contribution in [0.25, 0.3) is 33.6 Å². The van der Waals surface area contributed by atoms with Gasteiger partial charge in [-0.05, 0) is 55.3 Å². The lowest BCUT2D eigenvalue weighted by atomic mass is 10.0. The number of carbonyl (C=O) groups is 1. The van der Waals surface area contributed by atoms with Crippen molar-refractivity contribution in [2.45, 2.75) is 37.8 Å². The lowest BCUT2D eigenvalue weighted by Gasteiger charge is -2.24. The molecule has 41 heavy (non-hydrogen) atoms. The zero-order valence-corrected chi connectivity index (χ0v) is 22.9. The lowest BCUT2D eigenvalue weighted by molar-refractivity contribution is 0.0254. The molecule has 4 heterocycles. The highest BCUT2D eigenvalue weighted by molar-refractivity contribution is 5.98. The molecule has 2 N–H and O–H groups in total. The zero-order valence-electron chi connectivity index (χ0n) is 22.9. The number of hydrogen-bond donors (Lipinski definition) is 2. The van der Waals surface area contributed by atoms with Crippen LogP contribution in [0.15, 0.2) is 59.1 Å². The number of furan rings is 1. The number of amides is 1. The number of aromatic nitrogens is 1. The molecule has 2 saturated heterocycles. The number of nitrogens with zero attached hydrogens (tertiary/aromatic N) is 2. The molecule has 9 nitrogen and oxygen atoms in total. The van der Waals surface area contributed by atoms with Gasteiger partial charge in [-0.25, -0.2) is 0 Å². The van der Waals surface area contributed by atoms with E-state index in [0.29, 0.717) is 52.7 Å². The number of carbonyl (C=O) groups excluding carboxylic acids is 1. The standard InChI is InChI=1S/C32H32N4O5/c1-38-30-16-21(4-6-26(30)32(37)36-23-3-2-11-34-19-23)29-17-27-31(41-29)25(8-12-35-27)20-5-7-28(22(15-20)18-33)40-24-9-13-39-14-10-24/h4-8,12,15-17,23-24,34H,2-3,9-11,13-14,19H2,1H3,(H,36,37)/t23-/m1/s1. The molecule has 0 radical (unpaired) electrons. The first-order valence-corrected chi connectivity index (χ1v) is 14.0. The highest BCUT2D eigenvalue weighted by Crippen LogP contribution is 2.37. The maximum atomic E-state index is 13.0. The zero-order chi connectivity index (χ0) is 28.2. The maximum absolute atomic E-state index is 13.0. The number of ether oxygens (including phenoxy) is 3. The molecule has 2 aromatic heterocycles. The van der Waals surface area contributed by atoms with Crippen molar-refractivity contribution in [1.82, 2.24) is 15.6 Å². The molecule has 2 aliphatic heterocycles. The second-order valence-corrected chi connectivity index (χ2v) is 10.4. The average molecular weight is 553 g/mol. The largest absolute Gasteiger partial charge is 0.496 e. The first kappa shape index (κ1) is 26.8. The molecule has 1 amide bonds. The summed E-state index contributed by atoms with van der Waals surface area (Å²) in [5.74, 6) is 1.48. The van der Waals surface area contributed by atoms with Gasteiger partial charge in [0.2, 0.25) is 0 Å². The van der Waals surface area contributed by atoms with E-state index in [-0.39, 0.29) is 18.1 Å². The van der Waals surface area contributed by atoms with E-state index >= 15 is 0 Å². The van der Waals surface area contributed by atoms with E-state index in [1.165, 1.54) is 0 Å². The quantitative estimate of drug-likeness (QED) is 0.326. The van der Waals surface area contributed by atoms with E-state index in [2.05, 4.69) is 21.7 Å². The summed E-state index contributed by atoms with van der Waals surface area (Å²) < 4.78 is 23.5. The Hall–Kier alpha value is -4.39. The van der Waals surface area contributed by atoms with Crippen molar-refractivity contribution in [2.75, 3.05) is 33.4 Å². The van der Waals surface area contributed by atoms with Crippen LogP contribution in [0.1, 0.15) is 41.6 Å². The number of methoxy groups -OCH3 is 1. The summed E-state index contributed by atoms with van der Waals surface area (Å²) in [5.41, 5.74) is 4.64. The Kier molecular flexibility index (Phi) is 7.85. The minimum atomic E-state index is -0.159. The Morgan fingerprint density at radius 3 is 2.71 bits per heavy atom. The molecule has 0 saturated carbocycles. The Labute approximate surface area is 238 Å². The van der Waals surface area contributed by atoms with Crippen LogP contribution in [0.3, 0.4) is 0 Å². The molecule has 4 aromatic rings. The Balaban J connectivity index is 1.28. The lowest BCUT2D eigenvalue weighted by Crippen LogP contribution is -2.45. The molecule has 2 fully saturated rings. The van der Waals surface area contributed by atoms with Gasteiger partial charge >= 0.3 is 0 Å². The molecular formula is C32H32N4O5. The van der Waals surface area contributed by atoms with Gasteiger partial charge in [0.15, 0.2) is 5.58 Å². The van der Waals surface area contributed by atoms with Crippen LogP contribution in [-0.2, 0) is 4.74 Å². The van der Waals surface area contributed by atoms with Crippen molar-refractivity contribution in [3.8, 4) is 40.0 Å². The monoisotopic (exact) mass is 552 g/mol. The van der Waals surface area contributed by atoms with E-state index in [1.807, 2.05) is 42.5 Å². The van der Waals surface area contributed by atoms with E-state index in [9.17, 15) is 10.1 Å². The number of fused-ring (bicyclic) bond motifs is 1. The third-order valence-corrected chi connectivity index (χ3v) is 7.65. The highest BCUT2D eigenvalue weighted by atomic mass is 16.5. The van der Waals surface area contributed by atoms with Crippen LogP contribution in [0.5, 0.6) is 11.5 Å². The first-order valence-electron chi connectivity index (χ1n) is 14.0. The van der Waals surface area contributed by atoms with Gasteiger partial charge in [0, 0.05) is 48.8 Å². The number of benzene rings is 2. The number of nitriles is 1. The summed E-state index contributed by atoms with van der Waals surface area (Å²) in [6.45, 7) is 3.08. The summed E-state index contributed by atoms with van der Waals surface area (Å²) in [6.07, 6.45) is 5.37. The van der Waals surface area contributed by atoms with Crippen molar-refractivity contribution in [3.05, 3.63) is 65.9 Å². The van der Waals surface area contributed by atoms with Gasteiger partial charge in [-0.2, -0.15) is 5.26 Å². The predicted octanol–water partition coefficient (Wildman–Crippen LogP) is 5.08. The van der Waals surface area contributed by atoms with Gasteiger partial charge in [0.05, 0.1) is 31.5 Å². The number of rotatable bonds is 7. The molecule has 2 aliphatic rings. The fraction of sp³-hybridized carbons (Fsp3) is 0.344. The predicted molar refractivity (Wildman–Crippen MR) is 154 cm³/mol. The van der Waals surface area contributed by atoms with Gasteiger partial charge in [-0.15, -0.1) is 0 Å². The molecule has 1 atom stereocenters. The molecule has 9 heteroatoms. The van der Waals surface area contributed by atoms with Crippen molar-refractivity contribution < 1.29 is 23.4 Å². The molecule has 0 spiro atoms. The van der Waals surface area contributed by atoms with Gasteiger partial charge < -0.3 is 29.3 Å². The van der Waals surface area contributed by atoms with Crippen LogP contribution in [0, 0.1) is 11.3 Å². The minimum absolute atomic E-state index is 0.0423. The van der Waals surface area contributed by atoms with Crippen LogP contribution >= 0.6 is 0 Å². The normalized spacial score (nSPS) is 17.6. The first-order chi connectivity index (χ1) is 20.1. The molecule has 6 rings (SSSR count). The smallest absolute Gasteiger partial charge is 0.255 e. The average Bonchev–Trinajstić information content (AvgIpc) is 3.47. The molecule has 0 unspecified atom stereocenters. The van der Waals surface area contributed by atoms with Crippen LogP contribution in [-0.4, -0.2) is 56.5 Å². The third-order valence-electron chi connectivity index (χ3n) is 7.65. The van der Waals surface area contributed by atoms with Gasteiger partial charge in [0.1, 0.15) is 34.9 Å². The van der Waals surface area contributed by atoms with Gasteiger partial charge in [-0.1, -0.05) is 12.1 Å². The van der Waals surface area contributed by atoms with Crippen molar-refractivity contribution >= 4 is 17.0 Å². The molecule has 0 bridgehead atoms. The van der Waals surface area contributed by atoms with Crippen LogP contribution < -0.4 is 20.1 Å². The Bertz CT molecular complexity index is 1600. The van der Waals surface area contributed by atoms with Crippen molar-refractivity contribution in [1.29, 1.82) is 5.26 Å². The van der Waals surface area contributed by atoms with Crippen molar-refractivity contribution in [3.63, 3.8) is 0 Å². The topological polar surface area (TPSA) is 119 Å². The second kappa shape index (κ2) is 12.0. The number of nitrogens with one attached hydrogen (secondary N) is 2. The Morgan fingerprint density at radius 1 is 1.07 bits per heavy atom. The molecule has 210 valence electrons.